The molecule has 2 rings (SSSR count). The normalized spacial score (nSPS) is 26.5. The molecule has 0 bridgehead atoms. The number of nitrogens with two attached hydrogens (primary N) is 1. The summed E-state index contributed by atoms with van der Waals surface area (Å²) in [6, 6.07) is 8.01. The zero-order valence-electron chi connectivity index (χ0n) is 7.40. The van der Waals surface area contributed by atoms with Gasteiger partial charge in [-0.2, -0.15) is 0 Å². The van der Waals surface area contributed by atoms with Gasteiger partial charge in [-0.25, -0.2) is 0 Å². The molecule has 4 N–H and O–H groups in total. The average Bonchev–Trinajstić information content (AvgIpc) is 2.01. The van der Waals surface area contributed by atoms with Crippen LogP contribution in [0.2, 0.25) is 0 Å². The van der Waals surface area contributed by atoms with E-state index >= 15 is 0 Å². The fraction of sp³-hybridized carbons (Fsp3) is 0.400. The minimum atomic E-state index is 0.300. The summed E-state index contributed by atoms with van der Waals surface area (Å²) >= 11 is 0. The van der Waals surface area contributed by atoms with E-state index < -0.39 is 0 Å². The Hall–Kier alpha value is -1.22. The van der Waals surface area contributed by atoms with Gasteiger partial charge < -0.3 is 16.2 Å². The highest BCUT2D eigenvalue weighted by molar-refractivity contribution is 5.48. The highest BCUT2D eigenvalue weighted by Gasteiger charge is 2.25. The summed E-state index contributed by atoms with van der Waals surface area (Å²) in [7, 11) is 0. The zero-order valence-corrected chi connectivity index (χ0v) is 7.40. The van der Waals surface area contributed by atoms with Crippen LogP contribution in [0.1, 0.15) is 12.8 Å². The molecule has 1 fully saturated rings. The Morgan fingerprint density at radius 1 is 1.38 bits per heavy atom. The van der Waals surface area contributed by atoms with Crippen molar-refractivity contribution < 1.29 is 5.11 Å². The smallest absolute Gasteiger partial charge is 0.117 e. The van der Waals surface area contributed by atoms with Gasteiger partial charge >= 0.3 is 0 Å². The first-order valence-corrected chi connectivity index (χ1v) is 4.55. The highest BCUT2D eigenvalue weighted by Crippen LogP contribution is 2.24. The van der Waals surface area contributed by atoms with Gasteiger partial charge in [-0.15, -0.1) is 0 Å². The van der Waals surface area contributed by atoms with E-state index in [0.29, 0.717) is 17.8 Å². The largest absolute Gasteiger partial charge is 0.508 e. The predicted octanol–water partition coefficient (Wildman–Crippen LogP) is 1.29. The van der Waals surface area contributed by atoms with E-state index in [0.717, 1.165) is 18.5 Å². The second kappa shape index (κ2) is 3.26. The Morgan fingerprint density at radius 3 is 2.77 bits per heavy atom. The molecule has 1 aliphatic carbocycles. The summed E-state index contributed by atoms with van der Waals surface area (Å²) in [5, 5.41) is 12.5. The molecule has 1 aliphatic rings. The number of hydrogen-bond acceptors (Lipinski definition) is 3. The average molecular weight is 178 g/mol. The molecule has 70 valence electrons. The standard InChI is InChI=1S/C10H14N2O/c11-7-4-9(5-7)12-8-2-1-3-10(13)6-8/h1-3,6-7,9,12-13H,4-5,11H2. The van der Waals surface area contributed by atoms with Crippen molar-refractivity contribution in [2.75, 3.05) is 5.32 Å². The lowest BCUT2D eigenvalue weighted by Gasteiger charge is -2.33. The molecule has 3 heteroatoms. The van der Waals surface area contributed by atoms with Crippen molar-refractivity contribution in [1.82, 2.24) is 0 Å². The van der Waals surface area contributed by atoms with Crippen molar-refractivity contribution in [3.63, 3.8) is 0 Å². The van der Waals surface area contributed by atoms with Crippen molar-refractivity contribution in [2.24, 2.45) is 5.73 Å². The first-order valence-electron chi connectivity index (χ1n) is 4.55. The Bertz CT molecular complexity index is 295. The van der Waals surface area contributed by atoms with E-state index in [1.54, 1.807) is 12.1 Å². The van der Waals surface area contributed by atoms with E-state index in [4.69, 9.17) is 5.73 Å². The van der Waals surface area contributed by atoms with Crippen LogP contribution in [-0.4, -0.2) is 17.2 Å². The zero-order chi connectivity index (χ0) is 9.26. The molecule has 1 saturated carbocycles. The van der Waals surface area contributed by atoms with E-state index in [2.05, 4.69) is 5.32 Å². The van der Waals surface area contributed by atoms with Crippen LogP contribution in [-0.2, 0) is 0 Å². The Labute approximate surface area is 77.6 Å². The second-order valence-corrected chi connectivity index (χ2v) is 3.62. The molecular formula is C10H14N2O. The third kappa shape index (κ3) is 1.92. The molecule has 13 heavy (non-hydrogen) atoms. The number of phenolic OH excluding ortho intramolecular Hbond substituents is 1. The van der Waals surface area contributed by atoms with Crippen LogP contribution in [0.4, 0.5) is 5.69 Å². The molecule has 0 atom stereocenters. The van der Waals surface area contributed by atoms with Crippen molar-refractivity contribution in [2.45, 2.75) is 24.9 Å². The van der Waals surface area contributed by atoms with Gasteiger partial charge in [-0.05, 0) is 25.0 Å². The number of benzene rings is 1. The van der Waals surface area contributed by atoms with Gasteiger partial charge in [0, 0.05) is 23.8 Å². The minimum Gasteiger partial charge on any atom is -0.508 e. The van der Waals surface area contributed by atoms with E-state index in [-0.39, 0.29) is 0 Å². The van der Waals surface area contributed by atoms with Crippen LogP contribution >= 0.6 is 0 Å². The molecule has 1 aromatic carbocycles. The van der Waals surface area contributed by atoms with Crippen molar-refractivity contribution in [3.05, 3.63) is 24.3 Å². The summed E-state index contributed by atoms with van der Waals surface area (Å²) in [4.78, 5) is 0. The SMILES string of the molecule is NC1CC(Nc2cccc(O)c2)C1. The maximum atomic E-state index is 9.20. The summed E-state index contributed by atoms with van der Waals surface area (Å²) < 4.78 is 0. The third-order valence-electron chi connectivity index (χ3n) is 2.39. The predicted molar refractivity (Wildman–Crippen MR) is 52.7 cm³/mol. The summed E-state index contributed by atoms with van der Waals surface area (Å²) in [5.41, 5.74) is 6.63. The molecule has 0 radical (unpaired) electrons. The fourth-order valence-electron chi connectivity index (χ4n) is 1.61. The highest BCUT2D eigenvalue weighted by atomic mass is 16.3. The number of rotatable bonds is 2. The van der Waals surface area contributed by atoms with Crippen LogP contribution in [0.25, 0.3) is 0 Å². The van der Waals surface area contributed by atoms with E-state index in [1.807, 2.05) is 12.1 Å². The molecule has 1 aromatic rings. The van der Waals surface area contributed by atoms with E-state index in [9.17, 15) is 5.11 Å². The number of phenols is 1. The second-order valence-electron chi connectivity index (χ2n) is 3.62. The number of anilines is 1. The van der Waals surface area contributed by atoms with Gasteiger partial charge in [-0.1, -0.05) is 6.07 Å². The molecule has 3 nitrogen and oxygen atoms in total. The quantitative estimate of drug-likeness (QED) is 0.639. The van der Waals surface area contributed by atoms with Crippen LogP contribution < -0.4 is 11.1 Å². The Balaban J connectivity index is 1.94. The molecule has 0 saturated heterocycles. The topological polar surface area (TPSA) is 58.3 Å². The van der Waals surface area contributed by atoms with Gasteiger partial charge in [0.2, 0.25) is 0 Å². The van der Waals surface area contributed by atoms with Crippen LogP contribution in [0, 0.1) is 0 Å². The summed E-state index contributed by atoms with van der Waals surface area (Å²) in [6.45, 7) is 0. The molecule has 0 aliphatic heterocycles. The maximum absolute atomic E-state index is 9.20. The number of aromatic hydroxyl groups is 1. The lowest BCUT2D eigenvalue weighted by Crippen LogP contribution is -2.44. The summed E-state index contributed by atoms with van der Waals surface area (Å²) in [5.74, 6) is 0.300. The van der Waals surface area contributed by atoms with Gasteiger partial charge in [0.1, 0.15) is 5.75 Å². The number of hydrogen-bond donors (Lipinski definition) is 3. The summed E-state index contributed by atoms with van der Waals surface area (Å²) in [6.07, 6.45) is 2.05. The molecular weight excluding hydrogens is 164 g/mol. The number of nitrogens with one attached hydrogen (secondary N) is 1. The van der Waals surface area contributed by atoms with Crippen molar-refractivity contribution >= 4 is 5.69 Å². The third-order valence-corrected chi connectivity index (χ3v) is 2.39. The Kier molecular flexibility index (Phi) is 2.10. The van der Waals surface area contributed by atoms with Crippen LogP contribution in [0.3, 0.4) is 0 Å². The van der Waals surface area contributed by atoms with Gasteiger partial charge in [0.25, 0.3) is 0 Å². The molecule has 0 spiro atoms. The van der Waals surface area contributed by atoms with Crippen molar-refractivity contribution in [1.29, 1.82) is 0 Å². The molecule has 0 amide bonds. The van der Waals surface area contributed by atoms with E-state index in [1.165, 1.54) is 0 Å². The monoisotopic (exact) mass is 178 g/mol. The lowest BCUT2D eigenvalue weighted by atomic mass is 9.87. The molecule has 0 unspecified atom stereocenters. The Morgan fingerprint density at radius 2 is 2.15 bits per heavy atom. The minimum absolute atomic E-state index is 0.300. The van der Waals surface area contributed by atoms with Crippen LogP contribution in [0.5, 0.6) is 5.75 Å². The van der Waals surface area contributed by atoms with Gasteiger partial charge in [0.15, 0.2) is 0 Å². The first-order chi connectivity index (χ1) is 6.24. The first kappa shape index (κ1) is 8.38. The van der Waals surface area contributed by atoms with Gasteiger partial charge in [-0.3, -0.25) is 0 Å². The van der Waals surface area contributed by atoms with Crippen LogP contribution in [0.15, 0.2) is 24.3 Å². The maximum Gasteiger partial charge on any atom is 0.117 e. The molecule has 0 aromatic heterocycles. The van der Waals surface area contributed by atoms with Crippen molar-refractivity contribution in [3.8, 4) is 5.75 Å². The van der Waals surface area contributed by atoms with Gasteiger partial charge in [0.05, 0.1) is 0 Å². The lowest BCUT2D eigenvalue weighted by molar-refractivity contribution is 0.373. The molecule has 0 heterocycles. The fourth-order valence-corrected chi connectivity index (χ4v) is 1.61.